The van der Waals surface area contributed by atoms with E-state index in [2.05, 4.69) is 86.8 Å². The molecule has 0 atom stereocenters. The van der Waals surface area contributed by atoms with Gasteiger partial charge in [0.2, 0.25) is 0 Å². The van der Waals surface area contributed by atoms with Crippen LogP contribution >= 0.6 is 0 Å². The Morgan fingerprint density at radius 3 is 1.81 bits per heavy atom. The van der Waals surface area contributed by atoms with Crippen LogP contribution in [-0.4, -0.2) is 9.13 Å². The van der Waals surface area contributed by atoms with Crippen LogP contribution in [0.15, 0.2) is 109 Å². The monoisotopic (exact) mass is 458 g/mol. The Hall–Kier alpha value is -5.32. The number of hydrogen-bond donors (Lipinski definition) is 0. The molecule has 0 aliphatic carbocycles. The van der Waals surface area contributed by atoms with Crippen LogP contribution in [-0.2, 0) is 0 Å². The first-order valence-corrected chi connectivity index (χ1v) is 11.7. The van der Waals surface area contributed by atoms with Gasteiger partial charge < -0.3 is 9.13 Å². The molecule has 0 bridgehead atoms. The Kier molecular flexibility index (Phi) is 4.24. The molecule has 0 radical (unpaired) electrons. The van der Waals surface area contributed by atoms with Crippen molar-refractivity contribution < 1.29 is 0 Å². The average molecular weight is 459 g/mol. The predicted molar refractivity (Wildman–Crippen MR) is 146 cm³/mol. The van der Waals surface area contributed by atoms with Crippen LogP contribution in [0.1, 0.15) is 5.56 Å². The quantitative estimate of drug-likeness (QED) is 0.240. The minimum Gasteiger partial charge on any atom is -0.309 e. The molecule has 0 spiro atoms. The van der Waals surface area contributed by atoms with E-state index in [0.29, 0.717) is 11.3 Å². The minimum absolute atomic E-state index is 0.618. The summed E-state index contributed by atoms with van der Waals surface area (Å²) in [5, 5.41) is 13.9. The van der Waals surface area contributed by atoms with Gasteiger partial charge in [-0.15, -0.1) is 0 Å². The highest BCUT2D eigenvalue weighted by molar-refractivity contribution is 6.12. The van der Waals surface area contributed by atoms with Crippen molar-refractivity contribution in [1.29, 1.82) is 5.26 Å². The Morgan fingerprint density at radius 1 is 0.556 bits per heavy atom. The molecule has 7 aromatic rings. The van der Waals surface area contributed by atoms with Gasteiger partial charge in [-0.25, -0.2) is 4.85 Å². The van der Waals surface area contributed by atoms with Gasteiger partial charge in [0.1, 0.15) is 0 Å². The molecule has 0 saturated heterocycles. The molecule has 0 fully saturated rings. The Labute approximate surface area is 207 Å². The smallest absolute Gasteiger partial charge is 0.188 e. The summed E-state index contributed by atoms with van der Waals surface area (Å²) in [6, 6.07) is 39.2. The molecular formula is C32H18N4. The van der Waals surface area contributed by atoms with E-state index >= 15 is 0 Å². The van der Waals surface area contributed by atoms with Crippen LogP contribution in [0, 0.1) is 17.9 Å². The van der Waals surface area contributed by atoms with Gasteiger partial charge in [-0.05, 0) is 66.0 Å². The van der Waals surface area contributed by atoms with E-state index in [0.717, 1.165) is 44.2 Å². The number of fused-ring (bicyclic) bond motifs is 6. The third-order valence-electron chi connectivity index (χ3n) is 6.96. The summed E-state index contributed by atoms with van der Waals surface area (Å²) in [5.74, 6) is 0. The van der Waals surface area contributed by atoms with Gasteiger partial charge in [0.05, 0.1) is 40.3 Å². The second-order valence-electron chi connectivity index (χ2n) is 8.88. The first-order chi connectivity index (χ1) is 17.8. The highest BCUT2D eigenvalue weighted by atomic mass is 15.0. The van der Waals surface area contributed by atoms with E-state index in [1.165, 1.54) is 10.8 Å². The van der Waals surface area contributed by atoms with Gasteiger partial charge in [-0.2, -0.15) is 5.26 Å². The van der Waals surface area contributed by atoms with E-state index in [9.17, 15) is 5.26 Å². The molecule has 2 aromatic heterocycles. The third-order valence-corrected chi connectivity index (χ3v) is 6.96. The lowest BCUT2D eigenvalue weighted by Crippen LogP contribution is -1.97. The summed E-state index contributed by atoms with van der Waals surface area (Å²) in [7, 11) is 0. The number of para-hydroxylation sites is 2. The van der Waals surface area contributed by atoms with E-state index in [-0.39, 0.29) is 0 Å². The Morgan fingerprint density at radius 2 is 1.14 bits per heavy atom. The fraction of sp³-hybridized carbons (Fsp3) is 0. The molecule has 166 valence electrons. The summed E-state index contributed by atoms with van der Waals surface area (Å²) in [4.78, 5) is 3.66. The fourth-order valence-corrected chi connectivity index (χ4v) is 5.37. The van der Waals surface area contributed by atoms with Crippen molar-refractivity contribution in [2.24, 2.45) is 0 Å². The lowest BCUT2D eigenvalue weighted by Gasteiger charge is -2.11. The fourth-order valence-electron chi connectivity index (χ4n) is 5.37. The van der Waals surface area contributed by atoms with Crippen molar-refractivity contribution in [3.63, 3.8) is 0 Å². The van der Waals surface area contributed by atoms with E-state index in [1.807, 2.05) is 42.5 Å². The van der Waals surface area contributed by atoms with Gasteiger partial charge in [0.25, 0.3) is 0 Å². The summed E-state index contributed by atoms with van der Waals surface area (Å²) in [5.41, 5.74) is 7.70. The van der Waals surface area contributed by atoms with Gasteiger partial charge in [0.15, 0.2) is 5.69 Å². The van der Waals surface area contributed by atoms with Crippen molar-refractivity contribution in [1.82, 2.24) is 9.13 Å². The maximum atomic E-state index is 9.29. The van der Waals surface area contributed by atoms with Crippen molar-refractivity contribution in [2.45, 2.75) is 0 Å². The van der Waals surface area contributed by atoms with Crippen LogP contribution in [0.25, 0.3) is 59.8 Å². The zero-order valence-electron chi connectivity index (χ0n) is 19.2. The van der Waals surface area contributed by atoms with Crippen LogP contribution in [0.5, 0.6) is 0 Å². The number of aromatic nitrogens is 2. The molecule has 7 rings (SSSR count). The Balaban J connectivity index is 1.59. The van der Waals surface area contributed by atoms with Crippen LogP contribution in [0.3, 0.4) is 0 Å². The number of nitriles is 1. The van der Waals surface area contributed by atoms with E-state index in [1.54, 1.807) is 0 Å². The van der Waals surface area contributed by atoms with Crippen molar-refractivity contribution in [2.75, 3.05) is 0 Å². The number of hydrogen-bond acceptors (Lipinski definition) is 1. The zero-order chi connectivity index (χ0) is 24.2. The minimum atomic E-state index is 0.618. The molecule has 0 amide bonds. The highest BCUT2D eigenvalue weighted by Gasteiger charge is 2.16. The second kappa shape index (κ2) is 7.60. The highest BCUT2D eigenvalue weighted by Crippen LogP contribution is 2.37. The molecule has 5 aromatic carbocycles. The first-order valence-electron chi connectivity index (χ1n) is 11.7. The van der Waals surface area contributed by atoms with Crippen molar-refractivity contribution in [3.05, 3.63) is 126 Å². The molecule has 36 heavy (non-hydrogen) atoms. The summed E-state index contributed by atoms with van der Waals surface area (Å²) in [6.07, 6.45) is 0. The lowest BCUT2D eigenvalue weighted by atomic mass is 10.1. The summed E-state index contributed by atoms with van der Waals surface area (Å²) >= 11 is 0. The van der Waals surface area contributed by atoms with Gasteiger partial charge in [-0.3, -0.25) is 0 Å². The standard InChI is InChI=1S/C32H18N4/c1-34-22-12-17-31-28(18-22)27-16-15-24(19-32(27)35(31)23-13-10-21(20-33)11-14-23)36-29-8-4-2-6-25(29)26-7-3-5-9-30(26)36/h2-19H. The van der Waals surface area contributed by atoms with Crippen LogP contribution in [0.4, 0.5) is 5.69 Å². The van der Waals surface area contributed by atoms with E-state index < -0.39 is 0 Å². The maximum absolute atomic E-state index is 9.29. The SMILES string of the molecule is [C-]#[N+]c1ccc2c(c1)c1ccc(-n3c4ccccc4c4ccccc43)cc1n2-c1ccc(C#N)cc1. The number of rotatable bonds is 2. The predicted octanol–water partition coefficient (Wildman–Crippen LogP) is 8.30. The summed E-state index contributed by atoms with van der Waals surface area (Å²) in [6.45, 7) is 7.51. The van der Waals surface area contributed by atoms with Crippen LogP contribution < -0.4 is 0 Å². The summed E-state index contributed by atoms with van der Waals surface area (Å²) < 4.78 is 4.53. The molecule has 0 aliphatic heterocycles. The number of benzene rings is 5. The molecule has 0 N–H and O–H groups in total. The molecule has 4 nitrogen and oxygen atoms in total. The van der Waals surface area contributed by atoms with Crippen molar-refractivity contribution >= 4 is 49.3 Å². The molecule has 0 saturated carbocycles. The molecular weight excluding hydrogens is 440 g/mol. The third kappa shape index (κ3) is 2.79. The van der Waals surface area contributed by atoms with E-state index in [4.69, 9.17) is 6.57 Å². The first kappa shape index (κ1) is 20.1. The van der Waals surface area contributed by atoms with Gasteiger partial charge in [-0.1, -0.05) is 48.5 Å². The zero-order valence-corrected chi connectivity index (χ0v) is 19.2. The average Bonchev–Trinajstić information content (AvgIpc) is 3.45. The Bertz CT molecular complexity index is 2010. The largest absolute Gasteiger partial charge is 0.309 e. The molecule has 4 heteroatoms. The van der Waals surface area contributed by atoms with Gasteiger partial charge >= 0.3 is 0 Å². The number of nitrogens with zero attached hydrogens (tertiary/aromatic N) is 4. The molecule has 0 unspecified atom stereocenters. The lowest BCUT2D eigenvalue weighted by molar-refractivity contribution is 1.15. The van der Waals surface area contributed by atoms with Crippen LogP contribution in [0.2, 0.25) is 0 Å². The topological polar surface area (TPSA) is 38.0 Å². The van der Waals surface area contributed by atoms with Gasteiger partial charge in [0, 0.05) is 27.5 Å². The second-order valence-corrected chi connectivity index (χ2v) is 8.88. The van der Waals surface area contributed by atoms with Crippen molar-refractivity contribution in [3.8, 4) is 17.4 Å². The molecule has 2 heterocycles. The molecule has 0 aliphatic rings. The maximum Gasteiger partial charge on any atom is 0.188 e. The normalized spacial score (nSPS) is 11.3.